The molecule has 6 heteroatoms. The zero-order chi connectivity index (χ0) is 17.2. The van der Waals surface area contributed by atoms with Crippen LogP contribution >= 0.6 is 11.8 Å². The standard InChI is InChI=1S/C18H16F3NOS/c19-18(20,21)15-8-4-5-13(11-15)12-16(23)22-9-10-24-17(22)14-6-2-1-3-7-14/h1-8,11,17H,9-10,12H2. The molecular weight excluding hydrogens is 335 g/mol. The van der Waals surface area contributed by atoms with Gasteiger partial charge in [0.2, 0.25) is 5.91 Å². The molecule has 2 aromatic carbocycles. The number of halogens is 3. The highest BCUT2D eigenvalue weighted by atomic mass is 32.2. The molecule has 1 unspecified atom stereocenters. The molecule has 1 heterocycles. The number of carbonyl (C=O) groups is 1. The largest absolute Gasteiger partial charge is 0.416 e. The Kier molecular flexibility index (Phi) is 4.85. The Hall–Kier alpha value is -1.95. The first-order chi connectivity index (χ1) is 11.4. The summed E-state index contributed by atoms with van der Waals surface area (Å²) in [6.45, 7) is 0.613. The molecule has 1 fully saturated rings. The number of amides is 1. The highest BCUT2D eigenvalue weighted by Gasteiger charge is 2.32. The molecule has 126 valence electrons. The number of carbonyl (C=O) groups excluding carboxylic acids is 1. The predicted octanol–water partition coefficient (Wildman–Crippen LogP) is 4.52. The molecule has 1 saturated heterocycles. The molecule has 1 amide bonds. The lowest BCUT2D eigenvalue weighted by atomic mass is 10.1. The van der Waals surface area contributed by atoms with Crippen molar-refractivity contribution in [1.29, 1.82) is 0 Å². The quantitative estimate of drug-likeness (QED) is 0.810. The van der Waals surface area contributed by atoms with Crippen molar-refractivity contribution in [1.82, 2.24) is 4.90 Å². The van der Waals surface area contributed by atoms with Gasteiger partial charge in [0.25, 0.3) is 0 Å². The van der Waals surface area contributed by atoms with Gasteiger partial charge in [-0.05, 0) is 17.2 Å². The SMILES string of the molecule is O=C(Cc1cccc(C(F)(F)F)c1)N1CCSC1c1ccccc1. The van der Waals surface area contributed by atoms with Gasteiger partial charge in [0.1, 0.15) is 5.37 Å². The van der Waals surface area contributed by atoms with Gasteiger partial charge in [-0.1, -0.05) is 48.5 Å². The summed E-state index contributed by atoms with van der Waals surface area (Å²) < 4.78 is 38.4. The number of benzene rings is 2. The fourth-order valence-corrected chi connectivity index (χ4v) is 4.03. The van der Waals surface area contributed by atoms with Crippen molar-refractivity contribution in [3.63, 3.8) is 0 Å². The van der Waals surface area contributed by atoms with Gasteiger partial charge >= 0.3 is 6.18 Å². The third-order valence-electron chi connectivity index (χ3n) is 3.91. The Labute approximate surface area is 142 Å². The van der Waals surface area contributed by atoms with Crippen LogP contribution in [-0.2, 0) is 17.4 Å². The van der Waals surface area contributed by atoms with Gasteiger partial charge in [0.15, 0.2) is 0 Å². The normalized spacial score (nSPS) is 18.0. The zero-order valence-corrected chi connectivity index (χ0v) is 13.6. The van der Waals surface area contributed by atoms with E-state index in [-0.39, 0.29) is 17.7 Å². The number of alkyl halides is 3. The van der Waals surface area contributed by atoms with Crippen LogP contribution < -0.4 is 0 Å². The molecule has 24 heavy (non-hydrogen) atoms. The fourth-order valence-electron chi connectivity index (χ4n) is 2.75. The smallest absolute Gasteiger partial charge is 0.325 e. The van der Waals surface area contributed by atoms with Crippen molar-refractivity contribution in [2.24, 2.45) is 0 Å². The van der Waals surface area contributed by atoms with Crippen LogP contribution in [0.15, 0.2) is 54.6 Å². The Morgan fingerprint density at radius 1 is 1.12 bits per heavy atom. The van der Waals surface area contributed by atoms with E-state index in [2.05, 4.69) is 0 Å². The number of hydrogen-bond donors (Lipinski definition) is 0. The molecule has 1 atom stereocenters. The van der Waals surface area contributed by atoms with Crippen LogP contribution in [0.5, 0.6) is 0 Å². The second-order valence-corrected chi connectivity index (χ2v) is 6.78. The van der Waals surface area contributed by atoms with Gasteiger partial charge < -0.3 is 4.90 Å². The van der Waals surface area contributed by atoms with Crippen LogP contribution in [0.4, 0.5) is 13.2 Å². The summed E-state index contributed by atoms with van der Waals surface area (Å²) in [5, 5.41) is -0.0653. The molecule has 0 radical (unpaired) electrons. The molecule has 2 aromatic rings. The van der Waals surface area contributed by atoms with E-state index in [0.29, 0.717) is 12.1 Å². The minimum Gasteiger partial charge on any atom is -0.325 e. The highest BCUT2D eigenvalue weighted by molar-refractivity contribution is 7.99. The third-order valence-corrected chi connectivity index (χ3v) is 5.17. The van der Waals surface area contributed by atoms with Crippen molar-refractivity contribution in [3.05, 3.63) is 71.3 Å². The summed E-state index contributed by atoms with van der Waals surface area (Å²) in [5.74, 6) is 0.682. The lowest BCUT2D eigenvalue weighted by molar-refractivity contribution is -0.138. The minimum absolute atomic E-state index is 0.0200. The molecule has 1 aliphatic heterocycles. The van der Waals surface area contributed by atoms with Gasteiger partial charge in [0.05, 0.1) is 12.0 Å². The summed E-state index contributed by atoms with van der Waals surface area (Å²) in [4.78, 5) is 14.3. The maximum atomic E-state index is 12.8. The van der Waals surface area contributed by atoms with Gasteiger partial charge in [-0.3, -0.25) is 4.79 Å². The van der Waals surface area contributed by atoms with Crippen LogP contribution in [0.2, 0.25) is 0 Å². The van der Waals surface area contributed by atoms with Crippen molar-refractivity contribution < 1.29 is 18.0 Å². The van der Waals surface area contributed by atoms with Crippen LogP contribution in [0.25, 0.3) is 0 Å². The molecule has 0 N–H and O–H groups in total. The van der Waals surface area contributed by atoms with Crippen LogP contribution in [-0.4, -0.2) is 23.1 Å². The van der Waals surface area contributed by atoms with Gasteiger partial charge in [-0.25, -0.2) is 0 Å². The Morgan fingerprint density at radius 3 is 2.58 bits per heavy atom. The average molecular weight is 351 g/mol. The molecule has 0 aromatic heterocycles. The second-order valence-electron chi connectivity index (χ2n) is 5.60. The topological polar surface area (TPSA) is 20.3 Å². The minimum atomic E-state index is -4.39. The molecule has 0 bridgehead atoms. The second kappa shape index (κ2) is 6.89. The van der Waals surface area contributed by atoms with E-state index in [9.17, 15) is 18.0 Å². The molecule has 2 nitrogen and oxygen atoms in total. The maximum absolute atomic E-state index is 12.8. The van der Waals surface area contributed by atoms with Crippen molar-refractivity contribution >= 4 is 17.7 Å². The Bertz CT molecular complexity index is 718. The highest BCUT2D eigenvalue weighted by Crippen LogP contribution is 2.38. The van der Waals surface area contributed by atoms with E-state index in [4.69, 9.17) is 0 Å². The first-order valence-corrected chi connectivity index (χ1v) is 8.62. The number of hydrogen-bond acceptors (Lipinski definition) is 2. The number of thioether (sulfide) groups is 1. The third kappa shape index (κ3) is 3.75. The summed E-state index contributed by atoms with van der Waals surface area (Å²) in [7, 11) is 0. The van der Waals surface area contributed by atoms with E-state index < -0.39 is 11.7 Å². The Balaban J connectivity index is 1.75. The van der Waals surface area contributed by atoms with Crippen molar-refractivity contribution in [2.75, 3.05) is 12.3 Å². The molecule has 0 saturated carbocycles. The number of rotatable bonds is 3. The summed E-state index contributed by atoms with van der Waals surface area (Å²) in [6.07, 6.45) is -4.41. The average Bonchev–Trinajstić information content (AvgIpc) is 3.05. The lowest BCUT2D eigenvalue weighted by Gasteiger charge is -2.24. The van der Waals surface area contributed by atoms with E-state index in [1.54, 1.807) is 22.7 Å². The molecule has 0 spiro atoms. The van der Waals surface area contributed by atoms with Crippen molar-refractivity contribution in [2.45, 2.75) is 18.0 Å². The number of nitrogens with zero attached hydrogens (tertiary/aromatic N) is 1. The Morgan fingerprint density at radius 2 is 1.88 bits per heavy atom. The van der Waals surface area contributed by atoms with Crippen LogP contribution in [0, 0.1) is 0 Å². The van der Waals surface area contributed by atoms with E-state index in [1.165, 1.54) is 6.07 Å². The molecule has 1 aliphatic rings. The monoisotopic (exact) mass is 351 g/mol. The van der Waals surface area contributed by atoms with Crippen molar-refractivity contribution in [3.8, 4) is 0 Å². The summed E-state index contributed by atoms with van der Waals surface area (Å²) in [6, 6.07) is 14.7. The first kappa shape index (κ1) is 16.9. The van der Waals surface area contributed by atoms with E-state index >= 15 is 0 Å². The van der Waals surface area contributed by atoms with Crippen LogP contribution in [0.3, 0.4) is 0 Å². The summed E-state index contributed by atoms with van der Waals surface area (Å²) in [5.41, 5.74) is 0.708. The van der Waals surface area contributed by atoms with E-state index in [0.717, 1.165) is 23.4 Å². The van der Waals surface area contributed by atoms with Gasteiger partial charge in [-0.15, -0.1) is 11.8 Å². The van der Waals surface area contributed by atoms with Gasteiger partial charge in [0, 0.05) is 12.3 Å². The van der Waals surface area contributed by atoms with Crippen LogP contribution in [0.1, 0.15) is 22.1 Å². The molecule has 0 aliphatic carbocycles. The lowest BCUT2D eigenvalue weighted by Crippen LogP contribution is -2.31. The zero-order valence-electron chi connectivity index (χ0n) is 12.8. The first-order valence-electron chi connectivity index (χ1n) is 7.57. The van der Waals surface area contributed by atoms with Gasteiger partial charge in [-0.2, -0.15) is 13.2 Å². The molecular formula is C18H16F3NOS. The fraction of sp³-hybridized carbons (Fsp3) is 0.278. The summed E-state index contributed by atoms with van der Waals surface area (Å²) >= 11 is 1.67. The maximum Gasteiger partial charge on any atom is 0.416 e. The van der Waals surface area contributed by atoms with E-state index in [1.807, 2.05) is 30.3 Å². The predicted molar refractivity (Wildman–Crippen MR) is 88.5 cm³/mol. The molecule has 3 rings (SSSR count).